The molecule has 1 N–H and O–H groups in total. The highest BCUT2D eigenvalue weighted by molar-refractivity contribution is 6.30. The summed E-state index contributed by atoms with van der Waals surface area (Å²) in [4.78, 5) is 37.5. The fraction of sp³-hybridized carbons (Fsp3) is 0.261. The summed E-state index contributed by atoms with van der Waals surface area (Å²) < 4.78 is 11.6. The van der Waals surface area contributed by atoms with Gasteiger partial charge in [0.2, 0.25) is 5.91 Å². The van der Waals surface area contributed by atoms with Crippen molar-refractivity contribution < 1.29 is 23.9 Å². The fourth-order valence-corrected chi connectivity index (χ4v) is 3.61. The predicted octanol–water partition coefficient (Wildman–Crippen LogP) is 3.52. The van der Waals surface area contributed by atoms with Gasteiger partial charge in [-0.2, -0.15) is 0 Å². The summed E-state index contributed by atoms with van der Waals surface area (Å²) >= 11 is 5.95. The van der Waals surface area contributed by atoms with E-state index in [2.05, 4.69) is 10.1 Å². The van der Waals surface area contributed by atoms with Crippen molar-refractivity contribution in [3.63, 3.8) is 0 Å². The Morgan fingerprint density at radius 1 is 1.10 bits per heavy atom. The normalized spacial score (nSPS) is 11.8. The summed E-state index contributed by atoms with van der Waals surface area (Å²) in [6.45, 7) is 3.33. The summed E-state index contributed by atoms with van der Waals surface area (Å²) in [5.41, 5.74) is 2.42. The molecule has 0 saturated heterocycles. The minimum atomic E-state index is -0.781. The molecule has 0 radical (unpaired) electrons. The number of amides is 1. The van der Waals surface area contributed by atoms with E-state index in [0.29, 0.717) is 33.1 Å². The van der Waals surface area contributed by atoms with Gasteiger partial charge in [-0.05, 0) is 61.9 Å². The summed E-state index contributed by atoms with van der Waals surface area (Å²) in [7, 11) is 2.81. The van der Waals surface area contributed by atoms with Gasteiger partial charge in [0.05, 0.1) is 26.2 Å². The number of methoxy groups -OCH3 is 2. The molecule has 31 heavy (non-hydrogen) atoms. The first-order valence-corrected chi connectivity index (χ1v) is 10.00. The van der Waals surface area contributed by atoms with Crippen molar-refractivity contribution in [2.45, 2.75) is 26.3 Å². The number of halogens is 1. The van der Waals surface area contributed by atoms with Crippen molar-refractivity contribution >= 4 is 40.3 Å². The van der Waals surface area contributed by atoms with Crippen LogP contribution in [0, 0.1) is 6.92 Å². The molecular formula is C23H23ClN2O5. The molecule has 2 aromatic carbocycles. The third kappa shape index (κ3) is 4.56. The number of benzene rings is 2. The van der Waals surface area contributed by atoms with Crippen LogP contribution in [0.4, 0.5) is 0 Å². The largest absolute Gasteiger partial charge is 0.497 e. The lowest BCUT2D eigenvalue weighted by molar-refractivity contribution is -0.144. The topological polar surface area (TPSA) is 86.6 Å². The maximum atomic E-state index is 13.3. The zero-order valence-corrected chi connectivity index (χ0v) is 18.4. The zero-order valence-electron chi connectivity index (χ0n) is 17.7. The molecule has 1 aromatic heterocycles. The number of carbonyl (C=O) groups excluding carboxylic acids is 3. The van der Waals surface area contributed by atoms with Crippen molar-refractivity contribution in [3.8, 4) is 5.75 Å². The second kappa shape index (κ2) is 9.22. The highest BCUT2D eigenvalue weighted by atomic mass is 35.5. The molecule has 7 nitrogen and oxygen atoms in total. The standard InChI is InChI=1S/C23H23ClN2O5/c1-13(23(29)31-4)25-21(27)12-18-14(2)26(20-10-9-17(30-3)11-19(18)20)22(28)15-5-7-16(24)8-6-15/h5-11,13H,12H2,1-4H3,(H,25,27). The van der Waals surface area contributed by atoms with Crippen LogP contribution in [-0.4, -0.2) is 42.6 Å². The molecule has 162 valence electrons. The van der Waals surface area contributed by atoms with Crippen molar-refractivity contribution in [1.29, 1.82) is 0 Å². The van der Waals surface area contributed by atoms with Crippen LogP contribution < -0.4 is 10.1 Å². The quantitative estimate of drug-likeness (QED) is 0.590. The number of fused-ring (bicyclic) bond motifs is 1. The van der Waals surface area contributed by atoms with Gasteiger partial charge >= 0.3 is 5.97 Å². The van der Waals surface area contributed by atoms with E-state index in [0.717, 1.165) is 5.39 Å². The number of hydrogen-bond acceptors (Lipinski definition) is 5. The maximum Gasteiger partial charge on any atom is 0.328 e. The Kier molecular flexibility index (Phi) is 6.65. The van der Waals surface area contributed by atoms with Gasteiger partial charge in [-0.3, -0.25) is 14.2 Å². The highest BCUT2D eigenvalue weighted by Gasteiger charge is 2.23. The third-order valence-corrected chi connectivity index (χ3v) is 5.36. The number of nitrogens with one attached hydrogen (secondary N) is 1. The average molecular weight is 443 g/mol. The highest BCUT2D eigenvalue weighted by Crippen LogP contribution is 2.31. The lowest BCUT2D eigenvalue weighted by Gasteiger charge is -2.12. The second-order valence-corrected chi connectivity index (χ2v) is 7.52. The van der Waals surface area contributed by atoms with Crippen molar-refractivity contribution in [1.82, 2.24) is 9.88 Å². The molecule has 0 spiro atoms. The van der Waals surface area contributed by atoms with Crippen LogP contribution >= 0.6 is 11.6 Å². The lowest BCUT2D eigenvalue weighted by Crippen LogP contribution is -2.40. The van der Waals surface area contributed by atoms with Gasteiger partial charge in [-0.1, -0.05) is 11.6 Å². The smallest absolute Gasteiger partial charge is 0.328 e. The van der Waals surface area contributed by atoms with Gasteiger partial charge in [0, 0.05) is 21.7 Å². The van der Waals surface area contributed by atoms with Crippen LogP contribution in [0.1, 0.15) is 28.5 Å². The Balaban J connectivity index is 2.05. The molecule has 0 aliphatic carbocycles. The zero-order chi connectivity index (χ0) is 22.7. The van der Waals surface area contributed by atoms with Gasteiger partial charge in [0.25, 0.3) is 5.91 Å². The van der Waals surface area contributed by atoms with Gasteiger partial charge in [0.15, 0.2) is 0 Å². The molecule has 3 aromatic rings. The number of rotatable bonds is 6. The first-order valence-electron chi connectivity index (χ1n) is 9.62. The van der Waals surface area contributed by atoms with E-state index in [1.165, 1.54) is 7.11 Å². The summed E-state index contributed by atoms with van der Waals surface area (Å²) in [6.07, 6.45) is -0.0161. The molecule has 3 rings (SSSR count). The van der Waals surface area contributed by atoms with E-state index < -0.39 is 12.0 Å². The number of carbonyl (C=O) groups is 3. The number of hydrogen-bond donors (Lipinski definition) is 1. The number of nitrogens with zero attached hydrogens (tertiary/aromatic N) is 1. The van der Waals surface area contributed by atoms with E-state index in [4.69, 9.17) is 16.3 Å². The number of ether oxygens (including phenoxy) is 2. The summed E-state index contributed by atoms with van der Waals surface area (Å²) in [5, 5.41) is 3.88. The first kappa shape index (κ1) is 22.4. The molecule has 8 heteroatoms. The fourth-order valence-electron chi connectivity index (χ4n) is 3.48. The molecular weight excluding hydrogens is 420 g/mol. The van der Waals surface area contributed by atoms with E-state index in [-0.39, 0.29) is 18.2 Å². The minimum absolute atomic E-state index is 0.0161. The van der Waals surface area contributed by atoms with Gasteiger partial charge in [0.1, 0.15) is 11.8 Å². The molecule has 1 atom stereocenters. The van der Waals surface area contributed by atoms with E-state index in [1.807, 2.05) is 0 Å². The second-order valence-electron chi connectivity index (χ2n) is 7.08. The molecule has 1 amide bonds. The number of esters is 1. The Bertz CT molecular complexity index is 1150. The first-order chi connectivity index (χ1) is 14.8. The molecule has 0 aliphatic rings. The van der Waals surface area contributed by atoms with Crippen LogP contribution in [0.2, 0.25) is 5.02 Å². The Morgan fingerprint density at radius 2 is 1.77 bits per heavy atom. The van der Waals surface area contributed by atoms with Crippen molar-refractivity contribution in [2.75, 3.05) is 14.2 Å². The van der Waals surface area contributed by atoms with E-state index in [9.17, 15) is 14.4 Å². The Labute approximate surface area is 184 Å². The Morgan fingerprint density at radius 3 is 2.39 bits per heavy atom. The van der Waals surface area contributed by atoms with Crippen molar-refractivity contribution in [3.05, 3.63) is 64.3 Å². The van der Waals surface area contributed by atoms with Gasteiger partial charge in [-0.25, -0.2) is 4.79 Å². The molecule has 1 unspecified atom stereocenters. The van der Waals surface area contributed by atoms with Crippen molar-refractivity contribution in [2.24, 2.45) is 0 Å². The predicted molar refractivity (Wildman–Crippen MR) is 118 cm³/mol. The van der Waals surface area contributed by atoms with Crippen LogP contribution in [0.15, 0.2) is 42.5 Å². The summed E-state index contributed by atoms with van der Waals surface area (Å²) in [5.74, 6) is -0.527. The molecule has 0 bridgehead atoms. The molecule has 0 fully saturated rings. The maximum absolute atomic E-state index is 13.3. The van der Waals surface area contributed by atoms with Gasteiger partial charge in [-0.15, -0.1) is 0 Å². The SMILES string of the molecule is COC(=O)C(C)NC(=O)Cc1c(C)n(C(=O)c2ccc(Cl)cc2)c2ccc(OC)cc12. The average Bonchev–Trinajstić information content (AvgIpc) is 3.03. The van der Waals surface area contributed by atoms with E-state index in [1.54, 1.807) is 68.0 Å². The third-order valence-electron chi connectivity index (χ3n) is 5.11. The van der Waals surface area contributed by atoms with Crippen LogP contribution in [-0.2, 0) is 20.7 Å². The molecule has 1 heterocycles. The Hall–Kier alpha value is -3.32. The summed E-state index contributed by atoms with van der Waals surface area (Å²) in [6, 6.07) is 11.2. The molecule has 0 aliphatic heterocycles. The lowest BCUT2D eigenvalue weighted by atomic mass is 10.1. The van der Waals surface area contributed by atoms with Crippen LogP contribution in [0.25, 0.3) is 10.9 Å². The number of aromatic nitrogens is 1. The van der Waals surface area contributed by atoms with Gasteiger partial charge < -0.3 is 14.8 Å². The molecule has 0 saturated carbocycles. The van der Waals surface area contributed by atoms with Crippen LogP contribution in [0.5, 0.6) is 5.75 Å². The van der Waals surface area contributed by atoms with E-state index >= 15 is 0 Å². The van der Waals surface area contributed by atoms with Crippen LogP contribution in [0.3, 0.4) is 0 Å². The monoisotopic (exact) mass is 442 g/mol. The minimum Gasteiger partial charge on any atom is -0.497 e.